The SMILES string of the molecule is C/C(CC(C)C)=C1/CCCNC1C. The van der Waals surface area contributed by atoms with Crippen molar-refractivity contribution in [2.75, 3.05) is 6.54 Å². The van der Waals surface area contributed by atoms with Crippen LogP contribution < -0.4 is 5.32 Å². The number of nitrogens with one attached hydrogen (secondary N) is 1. The van der Waals surface area contributed by atoms with Gasteiger partial charge in [0.05, 0.1) is 0 Å². The van der Waals surface area contributed by atoms with Gasteiger partial charge in [0.15, 0.2) is 0 Å². The third-order valence-corrected chi connectivity index (χ3v) is 2.86. The third kappa shape index (κ3) is 3.15. The lowest BCUT2D eigenvalue weighted by Gasteiger charge is -2.26. The highest BCUT2D eigenvalue weighted by molar-refractivity contribution is 5.19. The van der Waals surface area contributed by atoms with Crippen LogP contribution in [0.15, 0.2) is 11.1 Å². The molecule has 0 amide bonds. The van der Waals surface area contributed by atoms with Crippen molar-refractivity contribution in [3.8, 4) is 0 Å². The van der Waals surface area contributed by atoms with Crippen LogP contribution in [-0.2, 0) is 0 Å². The predicted molar refractivity (Wildman–Crippen MR) is 58.9 cm³/mol. The Morgan fingerprint density at radius 2 is 2.23 bits per heavy atom. The summed E-state index contributed by atoms with van der Waals surface area (Å²) in [5, 5.41) is 3.53. The van der Waals surface area contributed by atoms with Crippen LogP contribution in [0.2, 0.25) is 0 Å². The molecule has 0 radical (unpaired) electrons. The van der Waals surface area contributed by atoms with E-state index in [1.165, 1.54) is 25.8 Å². The van der Waals surface area contributed by atoms with Crippen molar-refractivity contribution in [3.05, 3.63) is 11.1 Å². The number of hydrogen-bond donors (Lipinski definition) is 1. The van der Waals surface area contributed by atoms with Crippen LogP contribution >= 0.6 is 0 Å². The Balaban J connectivity index is 2.63. The fraction of sp³-hybridized carbons (Fsp3) is 0.833. The average Bonchev–Trinajstić information content (AvgIpc) is 2.03. The first-order chi connectivity index (χ1) is 6.11. The van der Waals surface area contributed by atoms with Crippen molar-refractivity contribution in [2.24, 2.45) is 5.92 Å². The minimum Gasteiger partial charge on any atom is -0.311 e. The summed E-state index contributed by atoms with van der Waals surface area (Å²) in [4.78, 5) is 0. The summed E-state index contributed by atoms with van der Waals surface area (Å²) < 4.78 is 0. The highest BCUT2D eigenvalue weighted by Crippen LogP contribution is 2.23. The molecule has 1 heteroatoms. The first-order valence-corrected chi connectivity index (χ1v) is 5.53. The Morgan fingerprint density at radius 3 is 2.77 bits per heavy atom. The molecule has 1 fully saturated rings. The minimum absolute atomic E-state index is 0.618. The second kappa shape index (κ2) is 4.80. The van der Waals surface area contributed by atoms with Gasteiger partial charge in [0.25, 0.3) is 0 Å². The van der Waals surface area contributed by atoms with Gasteiger partial charge in [-0.15, -0.1) is 0 Å². The van der Waals surface area contributed by atoms with Gasteiger partial charge < -0.3 is 5.32 Å². The zero-order chi connectivity index (χ0) is 9.84. The summed E-state index contributed by atoms with van der Waals surface area (Å²) in [7, 11) is 0. The molecule has 0 bridgehead atoms. The van der Waals surface area contributed by atoms with Crippen LogP contribution in [-0.4, -0.2) is 12.6 Å². The number of piperidine rings is 1. The predicted octanol–water partition coefficient (Wildman–Crippen LogP) is 3.12. The number of hydrogen-bond acceptors (Lipinski definition) is 1. The van der Waals surface area contributed by atoms with Gasteiger partial charge in [-0.2, -0.15) is 0 Å². The van der Waals surface area contributed by atoms with E-state index in [1.54, 1.807) is 11.1 Å². The van der Waals surface area contributed by atoms with Crippen LogP contribution in [0.25, 0.3) is 0 Å². The fourth-order valence-corrected chi connectivity index (χ4v) is 2.26. The molecule has 0 aliphatic carbocycles. The molecule has 0 aromatic carbocycles. The third-order valence-electron chi connectivity index (χ3n) is 2.86. The normalized spacial score (nSPS) is 27.9. The van der Waals surface area contributed by atoms with Crippen LogP contribution in [0.4, 0.5) is 0 Å². The zero-order valence-corrected chi connectivity index (χ0v) is 9.48. The van der Waals surface area contributed by atoms with Crippen molar-refractivity contribution < 1.29 is 0 Å². The molecule has 0 spiro atoms. The second-order valence-electron chi connectivity index (χ2n) is 4.68. The minimum atomic E-state index is 0.618. The molecule has 1 aliphatic heterocycles. The second-order valence-corrected chi connectivity index (χ2v) is 4.68. The van der Waals surface area contributed by atoms with Gasteiger partial charge in [-0.05, 0) is 45.6 Å². The lowest BCUT2D eigenvalue weighted by atomic mass is 9.90. The Bertz CT molecular complexity index is 191. The van der Waals surface area contributed by atoms with Gasteiger partial charge in [0, 0.05) is 6.04 Å². The summed E-state index contributed by atoms with van der Waals surface area (Å²) in [6, 6.07) is 0.618. The first-order valence-electron chi connectivity index (χ1n) is 5.53. The standard InChI is InChI=1S/C12H23N/c1-9(2)8-10(3)12-6-5-7-13-11(12)4/h9,11,13H,5-8H2,1-4H3/b12-10+. The van der Waals surface area contributed by atoms with Crippen molar-refractivity contribution in [1.82, 2.24) is 5.32 Å². The first kappa shape index (κ1) is 10.8. The van der Waals surface area contributed by atoms with Gasteiger partial charge >= 0.3 is 0 Å². The number of allylic oxidation sites excluding steroid dienone is 1. The molecule has 0 aromatic rings. The maximum atomic E-state index is 3.53. The van der Waals surface area contributed by atoms with E-state index in [2.05, 4.69) is 33.0 Å². The lowest BCUT2D eigenvalue weighted by Crippen LogP contribution is -2.34. The summed E-state index contributed by atoms with van der Waals surface area (Å²) >= 11 is 0. The molecular formula is C12H23N. The van der Waals surface area contributed by atoms with Gasteiger partial charge in [-0.1, -0.05) is 25.0 Å². The van der Waals surface area contributed by atoms with E-state index in [0.29, 0.717) is 6.04 Å². The Hall–Kier alpha value is -0.300. The Kier molecular flexibility index (Phi) is 3.98. The van der Waals surface area contributed by atoms with E-state index in [9.17, 15) is 0 Å². The van der Waals surface area contributed by atoms with Crippen molar-refractivity contribution in [2.45, 2.75) is 53.0 Å². The summed E-state index contributed by atoms with van der Waals surface area (Å²) in [6.07, 6.45) is 3.89. The van der Waals surface area contributed by atoms with Gasteiger partial charge in [-0.3, -0.25) is 0 Å². The smallest absolute Gasteiger partial charge is 0.0253 e. The molecule has 1 heterocycles. The zero-order valence-electron chi connectivity index (χ0n) is 9.48. The molecule has 1 rings (SSSR count). The molecule has 0 aromatic heterocycles. The largest absolute Gasteiger partial charge is 0.311 e. The van der Waals surface area contributed by atoms with Crippen LogP contribution in [0.5, 0.6) is 0 Å². The van der Waals surface area contributed by atoms with Crippen molar-refractivity contribution >= 4 is 0 Å². The Morgan fingerprint density at radius 1 is 1.54 bits per heavy atom. The average molecular weight is 181 g/mol. The summed E-state index contributed by atoms with van der Waals surface area (Å²) in [5.41, 5.74) is 3.29. The highest BCUT2D eigenvalue weighted by atomic mass is 14.9. The highest BCUT2D eigenvalue weighted by Gasteiger charge is 2.15. The lowest BCUT2D eigenvalue weighted by molar-refractivity contribution is 0.503. The van der Waals surface area contributed by atoms with E-state index < -0.39 is 0 Å². The maximum Gasteiger partial charge on any atom is 0.0253 e. The van der Waals surface area contributed by atoms with Crippen molar-refractivity contribution in [3.63, 3.8) is 0 Å². The molecule has 1 N–H and O–H groups in total. The van der Waals surface area contributed by atoms with E-state index in [-0.39, 0.29) is 0 Å². The van der Waals surface area contributed by atoms with Crippen LogP contribution in [0.3, 0.4) is 0 Å². The molecule has 1 aliphatic rings. The molecule has 13 heavy (non-hydrogen) atoms. The van der Waals surface area contributed by atoms with Crippen LogP contribution in [0.1, 0.15) is 47.0 Å². The van der Waals surface area contributed by atoms with E-state index in [1.807, 2.05) is 0 Å². The molecule has 1 saturated heterocycles. The summed E-state index contributed by atoms with van der Waals surface area (Å²) in [5.74, 6) is 0.793. The quantitative estimate of drug-likeness (QED) is 0.645. The summed E-state index contributed by atoms with van der Waals surface area (Å²) in [6.45, 7) is 10.4. The Labute approximate surface area is 82.6 Å². The molecular weight excluding hydrogens is 158 g/mol. The maximum absolute atomic E-state index is 3.53. The fourth-order valence-electron chi connectivity index (χ4n) is 2.26. The number of rotatable bonds is 2. The monoisotopic (exact) mass is 181 g/mol. The van der Waals surface area contributed by atoms with Crippen molar-refractivity contribution in [1.29, 1.82) is 0 Å². The molecule has 76 valence electrons. The van der Waals surface area contributed by atoms with Gasteiger partial charge in [-0.25, -0.2) is 0 Å². The van der Waals surface area contributed by atoms with Gasteiger partial charge in [0.1, 0.15) is 0 Å². The van der Waals surface area contributed by atoms with Gasteiger partial charge in [0.2, 0.25) is 0 Å². The molecule has 0 saturated carbocycles. The topological polar surface area (TPSA) is 12.0 Å². The molecule has 1 nitrogen and oxygen atoms in total. The van der Waals surface area contributed by atoms with Crippen LogP contribution in [0, 0.1) is 5.92 Å². The van der Waals surface area contributed by atoms with E-state index in [0.717, 1.165) is 5.92 Å². The van der Waals surface area contributed by atoms with E-state index in [4.69, 9.17) is 0 Å². The van der Waals surface area contributed by atoms with E-state index >= 15 is 0 Å². The molecule has 1 atom stereocenters. The molecule has 1 unspecified atom stereocenters.